The fourth-order valence-electron chi connectivity index (χ4n) is 2.95. The molecule has 1 heterocycles. The lowest BCUT2D eigenvalue weighted by Crippen LogP contribution is -2.36. The highest BCUT2D eigenvalue weighted by Gasteiger charge is 2.38. The van der Waals surface area contributed by atoms with E-state index in [-0.39, 0.29) is 11.3 Å². The number of carbonyl (C=O) groups excluding carboxylic acids is 1. The summed E-state index contributed by atoms with van der Waals surface area (Å²) in [6.45, 7) is 6.27. The second-order valence-electron chi connectivity index (χ2n) is 5.80. The van der Waals surface area contributed by atoms with Crippen LogP contribution in [0.25, 0.3) is 0 Å². The van der Waals surface area contributed by atoms with Gasteiger partial charge in [0.2, 0.25) is 0 Å². The Balaban J connectivity index is 2.02. The Hall–Kier alpha value is -1.05. The summed E-state index contributed by atoms with van der Waals surface area (Å²) in [5.74, 6) is 0.712. The van der Waals surface area contributed by atoms with E-state index < -0.39 is 0 Å². The van der Waals surface area contributed by atoms with Crippen molar-refractivity contribution in [1.29, 1.82) is 0 Å². The largest absolute Gasteiger partial charge is 0.472 e. The van der Waals surface area contributed by atoms with Crippen LogP contribution >= 0.6 is 0 Å². The van der Waals surface area contributed by atoms with Gasteiger partial charge in [0.15, 0.2) is 0 Å². The molecule has 0 amide bonds. The van der Waals surface area contributed by atoms with Crippen molar-refractivity contribution in [2.45, 2.75) is 52.9 Å². The highest BCUT2D eigenvalue weighted by Crippen LogP contribution is 2.39. The maximum atomic E-state index is 12.3. The second-order valence-corrected chi connectivity index (χ2v) is 5.80. The Bertz CT molecular complexity index is 405. The summed E-state index contributed by atoms with van der Waals surface area (Å²) in [5.41, 5.74) is 2.34. The smallest absolute Gasteiger partial charge is 0.141 e. The van der Waals surface area contributed by atoms with E-state index in [4.69, 9.17) is 4.42 Å². The molecule has 94 valence electrons. The van der Waals surface area contributed by atoms with Gasteiger partial charge in [0, 0.05) is 11.3 Å². The van der Waals surface area contributed by atoms with Gasteiger partial charge in [-0.2, -0.15) is 0 Å². The molecule has 0 saturated heterocycles. The van der Waals surface area contributed by atoms with Crippen LogP contribution in [0, 0.1) is 18.3 Å². The SMILES string of the molecule is Cc1cocc1CC[C@]1(C)CCC[C@@H](C)C1=O. The highest BCUT2D eigenvalue weighted by atomic mass is 16.3. The quantitative estimate of drug-likeness (QED) is 0.793. The number of hydrogen-bond acceptors (Lipinski definition) is 2. The number of hydrogen-bond donors (Lipinski definition) is 0. The van der Waals surface area contributed by atoms with Crippen molar-refractivity contribution >= 4 is 5.78 Å². The van der Waals surface area contributed by atoms with Crippen molar-refractivity contribution in [2.75, 3.05) is 0 Å². The third kappa shape index (κ3) is 2.46. The Morgan fingerprint density at radius 2 is 2.24 bits per heavy atom. The van der Waals surface area contributed by atoms with E-state index in [0.717, 1.165) is 25.7 Å². The van der Waals surface area contributed by atoms with E-state index in [0.29, 0.717) is 5.78 Å². The third-order valence-corrected chi connectivity index (χ3v) is 4.32. The average Bonchev–Trinajstić information content (AvgIpc) is 2.69. The van der Waals surface area contributed by atoms with E-state index in [1.54, 1.807) is 6.26 Å². The monoisotopic (exact) mass is 234 g/mol. The minimum atomic E-state index is -0.110. The Morgan fingerprint density at radius 1 is 1.47 bits per heavy atom. The van der Waals surface area contributed by atoms with Gasteiger partial charge in [-0.15, -0.1) is 0 Å². The third-order valence-electron chi connectivity index (χ3n) is 4.32. The molecule has 0 N–H and O–H groups in total. The Kier molecular flexibility index (Phi) is 3.41. The number of carbonyl (C=O) groups is 1. The first-order valence-electron chi connectivity index (χ1n) is 6.59. The van der Waals surface area contributed by atoms with Crippen LogP contribution in [-0.4, -0.2) is 5.78 Å². The molecule has 1 aromatic rings. The molecule has 1 aromatic heterocycles. The van der Waals surface area contributed by atoms with E-state index in [9.17, 15) is 4.79 Å². The van der Waals surface area contributed by atoms with Crippen molar-refractivity contribution in [1.82, 2.24) is 0 Å². The van der Waals surface area contributed by atoms with Crippen LogP contribution in [0.15, 0.2) is 16.9 Å². The zero-order valence-electron chi connectivity index (χ0n) is 11.1. The molecule has 1 fully saturated rings. The standard InChI is InChI=1S/C15H22O2/c1-11-5-4-7-15(3,14(11)16)8-6-13-10-17-9-12(13)2/h9-11H,4-8H2,1-3H3/t11-,15+/m1/s1. The van der Waals surface area contributed by atoms with Gasteiger partial charge in [0.05, 0.1) is 12.5 Å². The maximum absolute atomic E-state index is 12.3. The van der Waals surface area contributed by atoms with E-state index in [2.05, 4.69) is 20.8 Å². The van der Waals surface area contributed by atoms with Crippen LogP contribution in [0.5, 0.6) is 0 Å². The van der Waals surface area contributed by atoms with Crippen LogP contribution in [0.2, 0.25) is 0 Å². The van der Waals surface area contributed by atoms with Gasteiger partial charge < -0.3 is 4.42 Å². The fourth-order valence-corrected chi connectivity index (χ4v) is 2.95. The van der Waals surface area contributed by atoms with E-state index >= 15 is 0 Å². The molecule has 2 atom stereocenters. The first kappa shape index (κ1) is 12.4. The summed E-state index contributed by atoms with van der Waals surface area (Å²) in [5, 5.41) is 0. The molecular weight excluding hydrogens is 212 g/mol. The number of ketones is 1. The van der Waals surface area contributed by atoms with Crippen molar-refractivity contribution in [3.63, 3.8) is 0 Å². The molecule has 0 radical (unpaired) electrons. The molecule has 0 spiro atoms. The Labute approximate surface area is 103 Å². The summed E-state index contributed by atoms with van der Waals surface area (Å²) in [6, 6.07) is 0. The van der Waals surface area contributed by atoms with Crippen molar-refractivity contribution in [2.24, 2.45) is 11.3 Å². The second kappa shape index (κ2) is 4.67. The van der Waals surface area contributed by atoms with Gasteiger partial charge in [-0.25, -0.2) is 0 Å². The van der Waals surface area contributed by atoms with Gasteiger partial charge in [0.1, 0.15) is 5.78 Å². The summed E-state index contributed by atoms with van der Waals surface area (Å²) in [4.78, 5) is 12.3. The molecule has 2 heteroatoms. The van der Waals surface area contributed by atoms with Gasteiger partial charge in [-0.05, 0) is 43.7 Å². The van der Waals surface area contributed by atoms with Gasteiger partial charge in [-0.3, -0.25) is 4.79 Å². The molecule has 0 bridgehead atoms. The Morgan fingerprint density at radius 3 is 2.88 bits per heavy atom. The van der Waals surface area contributed by atoms with Gasteiger partial charge in [-0.1, -0.05) is 20.3 Å². The molecular formula is C15H22O2. The number of Topliss-reactive ketones (excluding diaryl/α,β-unsaturated/α-hetero) is 1. The molecule has 17 heavy (non-hydrogen) atoms. The predicted molar refractivity (Wildman–Crippen MR) is 67.9 cm³/mol. The predicted octanol–water partition coefficient (Wildman–Crippen LogP) is 3.92. The van der Waals surface area contributed by atoms with Crippen molar-refractivity contribution in [3.05, 3.63) is 23.7 Å². The lowest BCUT2D eigenvalue weighted by molar-refractivity contribution is -0.135. The van der Waals surface area contributed by atoms with E-state index in [1.165, 1.54) is 17.5 Å². The topological polar surface area (TPSA) is 30.2 Å². The summed E-state index contributed by atoms with van der Waals surface area (Å²) < 4.78 is 5.18. The van der Waals surface area contributed by atoms with Crippen LogP contribution in [0.3, 0.4) is 0 Å². The zero-order chi connectivity index (χ0) is 12.5. The van der Waals surface area contributed by atoms with Gasteiger partial charge >= 0.3 is 0 Å². The zero-order valence-corrected chi connectivity index (χ0v) is 11.1. The normalized spacial score (nSPS) is 29.6. The molecule has 2 nitrogen and oxygen atoms in total. The number of aryl methyl sites for hydroxylation is 2. The van der Waals surface area contributed by atoms with Crippen LogP contribution in [0.4, 0.5) is 0 Å². The molecule has 0 aliphatic heterocycles. The summed E-state index contributed by atoms with van der Waals surface area (Å²) in [7, 11) is 0. The molecule has 1 aliphatic carbocycles. The summed E-state index contributed by atoms with van der Waals surface area (Å²) >= 11 is 0. The highest BCUT2D eigenvalue weighted by molar-refractivity contribution is 5.87. The first-order valence-corrected chi connectivity index (χ1v) is 6.59. The molecule has 0 aromatic carbocycles. The molecule has 2 rings (SSSR count). The fraction of sp³-hybridized carbons (Fsp3) is 0.667. The van der Waals surface area contributed by atoms with Crippen LogP contribution < -0.4 is 0 Å². The van der Waals surface area contributed by atoms with E-state index in [1.807, 2.05) is 6.26 Å². The molecule has 0 unspecified atom stereocenters. The van der Waals surface area contributed by atoms with Crippen molar-refractivity contribution < 1.29 is 9.21 Å². The minimum Gasteiger partial charge on any atom is -0.472 e. The lowest BCUT2D eigenvalue weighted by Gasteiger charge is -2.35. The molecule has 1 saturated carbocycles. The maximum Gasteiger partial charge on any atom is 0.141 e. The van der Waals surface area contributed by atoms with Crippen LogP contribution in [0.1, 0.15) is 50.7 Å². The van der Waals surface area contributed by atoms with Crippen LogP contribution in [-0.2, 0) is 11.2 Å². The summed E-state index contributed by atoms with van der Waals surface area (Å²) in [6.07, 6.45) is 8.81. The average molecular weight is 234 g/mol. The lowest BCUT2D eigenvalue weighted by atomic mass is 9.67. The number of rotatable bonds is 3. The van der Waals surface area contributed by atoms with Gasteiger partial charge in [0.25, 0.3) is 0 Å². The first-order chi connectivity index (χ1) is 8.03. The van der Waals surface area contributed by atoms with Crippen molar-refractivity contribution in [3.8, 4) is 0 Å². The minimum absolute atomic E-state index is 0.110. The number of furan rings is 1. The molecule has 1 aliphatic rings.